The summed E-state index contributed by atoms with van der Waals surface area (Å²) in [7, 11) is 0. The molecule has 1 aliphatic rings. The van der Waals surface area contributed by atoms with Crippen LogP contribution in [0.15, 0.2) is 36.8 Å². The van der Waals surface area contributed by atoms with Gasteiger partial charge in [-0.3, -0.25) is 9.78 Å². The molecule has 1 amide bonds. The van der Waals surface area contributed by atoms with Crippen LogP contribution in [-0.4, -0.2) is 32.6 Å². The predicted molar refractivity (Wildman–Crippen MR) is 99.2 cm³/mol. The number of nitrogen functional groups attached to an aromatic ring is 1. The Hall–Kier alpha value is -3.06. The molecule has 0 unspecified atom stereocenters. The Morgan fingerprint density at radius 2 is 2.23 bits per heavy atom. The largest absolute Gasteiger partial charge is 0.396 e. The molecule has 26 heavy (non-hydrogen) atoms. The Kier molecular flexibility index (Phi) is 4.00. The number of nitrogens with two attached hydrogens (primary N) is 1. The number of anilines is 2. The minimum atomic E-state index is -0.131. The summed E-state index contributed by atoms with van der Waals surface area (Å²) >= 11 is 0. The van der Waals surface area contributed by atoms with Gasteiger partial charge in [-0.15, -0.1) is 0 Å². The number of hydrogen-bond acceptors (Lipinski definition) is 6. The summed E-state index contributed by atoms with van der Waals surface area (Å²) in [5.41, 5.74) is 8.79. The van der Waals surface area contributed by atoms with E-state index >= 15 is 0 Å². The van der Waals surface area contributed by atoms with Crippen LogP contribution in [0, 0.1) is 18.8 Å². The van der Waals surface area contributed by atoms with Crippen LogP contribution in [0.3, 0.4) is 0 Å². The van der Waals surface area contributed by atoms with Gasteiger partial charge in [-0.25, -0.2) is 9.97 Å². The molecule has 0 aromatic carbocycles. The van der Waals surface area contributed by atoms with Gasteiger partial charge in [0.25, 0.3) is 0 Å². The lowest BCUT2D eigenvalue weighted by atomic mass is 10.1. The first-order chi connectivity index (χ1) is 12.6. The van der Waals surface area contributed by atoms with E-state index in [1.54, 1.807) is 24.7 Å². The topological polar surface area (TPSA) is 114 Å². The Morgan fingerprint density at radius 3 is 2.96 bits per heavy atom. The second-order valence-corrected chi connectivity index (χ2v) is 6.65. The summed E-state index contributed by atoms with van der Waals surface area (Å²) in [6, 6.07) is 5.63. The van der Waals surface area contributed by atoms with Crippen molar-refractivity contribution in [2.75, 3.05) is 17.7 Å². The van der Waals surface area contributed by atoms with E-state index in [2.05, 4.69) is 20.3 Å². The van der Waals surface area contributed by atoms with Gasteiger partial charge in [-0.1, -0.05) is 0 Å². The Balaban J connectivity index is 1.68. The molecule has 2 atom stereocenters. The van der Waals surface area contributed by atoms with Gasteiger partial charge >= 0.3 is 0 Å². The van der Waals surface area contributed by atoms with Crippen LogP contribution in [-0.2, 0) is 4.79 Å². The summed E-state index contributed by atoms with van der Waals surface area (Å²) in [4.78, 5) is 25.1. The van der Waals surface area contributed by atoms with Crippen molar-refractivity contribution in [1.82, 2.24) is 15.0 Å². The van der Waals surface area contributed by atoms with Gasteiger partial charge in [0.15, 0.2) is 0 Å². The number of carbonyl (C=O) groups excluding carboxylic acids is 1. The number of nitrogens with one attached hydrogen (secondary N) is 1. The summed E-state index contributed by atoms with van der Waals surface area (Å²) < 4.78 is 0. The van der Waals surface area contributed by atoms with E-state index in [0.29, 0.717) is 11.6 Å². The standard InChI is InChI=1S/C19H19N5O2/c1-10-2-3-21-7-14(10)16-5-11-6-17(22-8-15(11)18(20)23-16)24-19(26)13-4-12(13)9-25/h2-3,5-8,12-13,25H,4,9H2,1H3,(H2,20,23)(H,22,24,26)/t12-,13+/m0/s1. The molecule has 4 N–H and O–H groups in total. The highest BCUT2D eigenvalue weighted by Gasteiger charge is 2.42. The van der Waals surface area contributed by atoms with Gasteiger partial charge in [0.05, 0.1) is 5.69 Å². The van der Waals surface area contributed by atoms with Crippen LogP contribution in [0.1, 0.15) is 12.0 Å². The fraction of sp³-hybridized carbons (Fsp3) is 0.263. The fourth-order valence-electron chi connectivity index (χ4n) is 3.10. The van der Waals surface area contributed by atoms with Gasteiger partial charge in [0.2, 0.25) is 5.91 Å². The highest BCUT2D eigenvalue weighted by Crippen LogP contribution is 2.38. The summed E-state index contributed by atoms with van der Waals surface area (Å²) in [6.45, 7) is 2.03. The van der Waals surface area contributed by atoms with E-state index in [-0.39, 0.29) is 24.3 Å². The van der Waals surface area contributed by atoms with Crippen molar-refractivity contribution in [3.8, 4) is 11.3 Å². The van der Waals surface area contributed by atoms with Crippen molar-refractivity contribution in [2.24, 2.45) is 11.8 Å². The predicted octanol–water partition coefficient (Wildman–Crippen LogP) is 2.15. The number of aliphatic hydroxyl groups is 1. The van der Waals surface area contributed by atoms with Crippen LogP contribution in [0.4, 0.5) is 11.6 Å². The first-order valence-electron chi connectivity index (χ1n) is 8.46. The number of aliphatic hydroxyl groups excluding tert-OH is 1. The molecule has 3 aromatic rings. The maximum atomic E-state index is 12.2. The number of carbonyl (C=O) groups is 1. The third-order valence-corrected chi connectivity index (χ3v) is 4.81. The molecule has 3 heterocycles. The molecular formula is C19H19N5O2. The molecule has 1 aliphatic carbocycles. The van der Waals surface area contributed by atoms with Gasteiger partial charge in [-0.2, -0.15) is 0 Å². The molecule has 7 heteroatoms. The number of rotatable bonds is 4. The van der Waals surface area contributed by atoms with E-state index in [1.165, 1.54) is 0 Å². The van der Waals surface area contributed by atoms with Crippen LogP contribution in [0.25, 0.3) is 22.0 Å². The Morgan fingerprint density at radius 1 is 1.38 bits per heavy atom. The number of amides is 1. The average molecular weight is 349 g/mol. The second-order valence-electron chi connectivity index (χ2n) is 6.65. The maximum Gasteiger partial charge on any atom is 0.229 e. The first kappa shape index (κ1) is 16.4. The third kappa shape index (κ3) is 2.97. The van der Waals surface area contributed by atoms with Crippen molar-refractivity contribution in [3.05, 3.63) is 42.4 Å². The number of aryl methyl sites for hydroxylation is 1. The van der Waals surface area contributed by atoms with Crippen molar-refractivity contribution in [2.45, 2.75) is 13.3 Å². The molecule has 132 valence electrons. The molecular weight excluding hydrogens is 330 g/mol. The molecule has 1 saturated carbocycles. The third-order valence-electron chi connectivity index (χ3n) is 4.81. The molecule has 3 aromatic heterocycles. The van der Waals surface area contributed by atoms with Gasteiger partial charge in [0.1, 0.15) is 11.6 Å². The number of nitrogens with zero attached hydrogens (tertiary/aromatic N) is 3. The van der Waals surface area contributed by atoms with Crippen molar-refractivity contribution < 1.29 is 9.90 Å². The SMILES string of the molecule is Cc1ccncc1-c1cc2cc(NC(=O)[C@@H]3C[C@H]3CO)ncc2c(N)n1. The van der Waals surface area contributed by atoms with E-state index in [1.807, 2.05) is 19.1 Å². The fourth-order valence-corrected chi connectivity index (χ4v) is 3.10. The Bertz CT molecular complexity index is 1000. The zero-order chi connectivity index (χ0) is 18.3. The lowest BCUT2D eigenvalue weighted by molar-refractivity contribution is -0.117. The van der Waals surface area contributed by atoms with Gasteiger partial charge in [-0.05, 0) is 48.4 Å². The smallest absolute Gasteiger partial charge is 0.229 e. The second kappa shape index (κ2) is 6.34. The van der Waals surface area contributed by atoms with Crippen molar-refractivity contribution >= 4 is 28.3 Å². The highest BCUT2D eigenvalue weighted by molar-refractivity contribution is 5.98. The lowest BCUT2D eigenvalue weighted by Crippen LogP contribution is -2.16. The van der Waals surface area contributed by atoms with Gasteiger partial charge < -0.3 is 16.2 Å². The summed E-state index contributed by atoms with van der Waals surface area (Å²) in [6.07, 6.45) is 5.83. The molecule has 0 saturated heterocycles. The molecule has 0 spiro atoms. The number of fused-ring (bicyclic) bond motifs is 1. The Labute approximate surface area is 150 Å². The van der Waals surface area contributed by atoms with Crippen LogP contribution < -0.4 is 11.1 Å². The summed E-state index contributed by atoms with van der Waals surface area (Å²) in [5, 5.41) is 13.5. The quantitative estimate of drug-likeness (QED) is 0.665. The number of hydrogen-bond donors (Lipinski definition) is 3. The zero-order valence-electron chi connectivity index (χ0n) is 14.3. The van der Waals surface area contributed by atoms with E-state index in [4.69, 9.17) is 10.8 Å². The van der Waals surface area contributed by atoms with Crippen LogP contribution in [0.2, 0.25) is 0 Å². The molecule has 0 radical (unpaired) electrons. The number of pyridine rings is 3. The lowest BCUT2D eigenvalue weighted by Gasteiger charge is -2.10. The van der Waals surface area contributed by atoms with E-state index < -0.39 is 0 Å². The minimum absolute atomic E-state index is 0.0409. The average Bonchev–Trinajstić information content (AvgIpc) is 3.42. The molecule has 7 nitrogen and oxygen atoms in total. The van der Waals surface area contributed by atoms with Gasteiger partial charge in [0, 0.05) is 42.1 Å². The highest BCUT2D eigenvalue weighted by atomic mass is 16.3. The van der Waals surface area contributed by atoms with E-state index in [0.717, 1.165) is 34.0 Å². The van der Waals surface area contributed by atoms with Crippen molar-refractivity contribution in [1.29, 1.82) is 0 Å². The van der Waals surface area contributed by atoms with Crippen LogP contribution >= 0.6 is 0 Å². The van der Waals surface area contributed by atoms with Crippen molar-refractivity contribution in [3.63, 3.8) is 0 Å². The minimum Gasteiger partial charge on any atom is -0.396 e. The molecule has 1 fully saturated rings. The molecule has 0 bridgehead atoms. The monoisotopic (exact) mass is 349 g/mol. The number of aromatic nitrogens is 3. The zero-order valence-corrected chi connectivity index (χ0v) is 14.3. The molecule has 0 aliphatic heterocycles. The maximum absolute atomic E-state index is 12.2. The summed E-state index contributed by atoms with van der Waals surface area (Å²) in [5.74, 6) is 0.671. The normalized spacial score (nSPS) is 18.7. The van der Waals surface area contributed by atoms with E-state index in [9.17, 15) is 4.79 Å². The molecule has 4 rings (SSSR count). The van der Waals surface area contributed by atoms with Crippen LogP contribution in [0.5, 0.6) is 0 Å². The first-order valence-corrected chi connectivity index (χ1v) is 8.46.